The lowest BCUT2D eigenvalue weighted by atomic mass is 9.98. The minimum Gasteiger partial charge on any atom is -0.496 e. The van der Waals surface area contributed by atoms with E-state index in [1.807, 2.05) is 19.1 Å². The number of carbonyl (C=O) groups is 5. The van der Waals surface area contributed by atoms with E-state index in [-0.39, 0.29) is 67.9 Å². The van der Waals surface area contributed by atoms with E-state index in [1.54, 1.807) is 37.6 Å². The van der Waals surface area contributed by atoms with Crippen molar-refractivity contribution in [1.29, 1.82) is 0 Å². The topological polar surface area (TPSA) is 200 Å². The van der Waals surface area contributed by atoms with Crippen molar-refractivity contribution < 1.29 is 42.9 Å². The number of aromatic nitrogens is 3. The summed E-state index contributed by atoms with van der Waals surface area (Å²) in [5, 5.41) is 12.4. The number of methoxy groups -OCH3 is 2. The van der Waals surface area contributed by atoms with Gasteiger partial charge in [0.05, 0.1) is 56.4 Å². The molecule has 53 heavy (non-hydrogen) atoms. The van der Waals surface area contributed by atoms with E-state index in [1.165, 1.54) is 18.8 Å². The van der Waals surface area contributed by atoms with Crippen molar-refractivity contribution in [2.45, 2.75) is 51.4 Å². The van der Waals surface area contributed by atoms with Gasteiger partial charge in [-0.2, -0.15) is 5.10 Å². The van der Waals surface area contributed by atoms with Crippen LogP contribution in [0.3, 0.4) is 0 Å². The Bertz CT molecular complexity index is 2130. The number of ether oxygens (including phenoxy) is 4. The molecule has 0 saturated carbocycles. The Labute approximate surface area is 303 Å². The molecule has 1 fully saturated rings. The summed E-state index contributed by atoms with van der Waals surface area (Å²) >= 11 is 0. The first-order valence-electron chi connectivity index (χ1n) is 17.1. The maximum Gasteiger partial charge on any atom is 0.276 e. The summed E-state index contributed by atoms with van der Waals surface area (Å²) in [7, 11) is 4.71. The molecular formula is C37H40N6O10. The lowest BCUT2D eigenvalue weighted by Crippen LogP contribution is -2.54. The molecule has 4 aromatic rings. The highest BCUT2D eigenvalue weighted by molar-refractivity contribution is 6.24. The summed E-state index contributed by atoms with van der Waals surface area (Å²) < 4.78 is 24.4. The number of pyridine rings is 1. The van der Waals surface area contributed by atoms with E-state index in [4.69, 9.17) is 18.9 Å². The van der Waals surface area contributed by atoms with Gasteiger partial charge in [0.2, 0.25) is 17.7 Å². The van der Waals surface area contributed by atoms with E-state index in [9.17, 15) is 28.8 Å². The summed E-state index contributed by atoms with van der Waals surface area (Å²) in [6.07, 6.45) is 4.20. The van der Waals surface area contributed by atoms with Gasteiger partial charge in [0.25, 0.3) is 17.4 Å². The van der Waals surface area contributed by atoms with Crippen LogP contribution in [-0.4, -0.2) is 95.3 Å². The van der Waals surface area contributed by atoms with Gasteiger partial charge in [-0.25, -0.2) is 0 Å². The van der Waals surface area contributed by atoms with Crippen molar-refractivity contribution in [2.24, 2.45) is 7.05 Å². The number of H-pyrrole nitrogens is 1. The summed E-state index contributed by atoms with van der Waals surface area (Å²) in [5.74, 6) is -1.54. The number of hydrogen-bond donors (Lipinski definition) is 3. The molecule has 1 saturated heterocycles. The van der Waals surface area contributed by atoms with Crippen LogP contribution in [0.5, 0.6) is 11.5 Å². The van der Waals surface area contributed by atoms with Gasteiger partial charge in [-0.1, -0.05) is 12.1 Å². The van der Waals surface area contributed by atoms with Gasteiger partial charge in [-0.15, -0.1) is 0 Å². The number of benzene rings is 2. The molecule has 2 aliphatic heterocycles. The number of hydrogen-bond acceptors (Lipinski definition) is 11. The Balaban J connectivity index is 0.965. The number of fused-ring (bicyclic) bond motifs is 2. The number of rotatable bonds is 15. The summed E-state index contributed by atoms with van der Waals surface area (Å²) in [6.45, 7) is 2.16. The third kappa shape index (κ3) is 7.54. The lowest BCUT2D eigenvalue weighted by Gasteiger charge is -2.27. The van der Waals surface area contributed by atoms with Gasteiger partial charge in [0.1, 0.15) is 29.7 Å². The average molecular weight is 729 g/mol. The van der Waals surface area contributed by atoms with Crippen LogP contribution in [-0.2, 0) is 43.9 Å². The molecule has 0 spiro atoms. The van der Waals surface area contributed by atoms with Crippen LogP contribution >= 0.6 is 0 Å². The zero-order valence-electron chi connectivity index (χ0n) is 29.8. The molecule has 0 aliphatic carbocycles. The fourth-order valence-electron chi connectivity index (χ4n) is 6.65. The van der Waals surface area contributed by atoms with Crippen molar-refractivity contribution in [3.05, 3.63) is 75.3 Å². The first-order chi connectivity index (χ1) is 25.5. The van der Waals surface area contributed by atoms with E-state index >= 15 is 0 Å². The number of amides is 5. The fourth-order valence-corrected chi connectivity index (χ4v) is 6.65. The Morgan fingerprint density at radius 3 is 2.53 bits per heavy atom. The summed E-state index contributed by atoms with van der Waals surface area (Å²) in [6, 6.07) is 7.64. The molecule has 16 heteroatoms. The number of carbonyl (C=O) groups excluding carboxylic acids is 5. The van der Waals surface area contributed by atoms with Gasteiger partial charge in [-0.3, -0.25) is 44.1 Å². The molecule has 4 heterocycles. The molecule has 0 radical (unpaired) electrons. The molecule has 5 amide bonds. The number of nitrogens with one attached hydrogen (secondary N) is 3. The monoisotopic (exact) mass is 728 g/mol. The smallest absolute Gasteiger partial charge is 0.276 e. The number of piperidine rings is 1. The zero-order valence-corrected chi connectivity index (χ0v) is 29.8. The Kier molecular flexibility index (Phi) is 11.0. The normalized spacial score (nSPS) is 16.2. The molecule has 3 N–H and O–H groups in total. The van der Waals surface area contributed by atoms with Crippen LogP contribution in [0.25, 0.3) is 22.0 Å². The second kappa shape index (κ2) is 15.8. The molecule has 0 bridgehead atoms. The van der Waals surface area contributed by atoms with Crippen molar-refractivity contribution >= 4 is 40.4 Å². The van der Waals surface area contributed by atoms with Crippen LogP contribution in [0.2, 0.25) is 0 Å². The predicted molar refractivity (Wildman–Crippen MR) is 189 cm³/mol. The maximum atomic E-state index is 13.3. The minimum absolute atomic E-state index is 0.0323. The zero-order chi connectivity index (χ0) is 37.8. The molecule has 2 aliphatic rings. The molecule has 6 rings (SSSR count). The average Bonchev–Trinajstić information content (AvgIpc) is 3.74. The number of nitrogens with zero attached hydrogens (tertiary/aromatic N) is 3. The second-order valence-corrected chi connectivity index (χ2v) is 12.8. The lowest BCUT2D eigenvalue weighted by molar-refractivity contribution is -0.136. The predicted octanol–water partition coefficient (Wildman–Crippen LogP) is 2.02. The van der Waals surface area contributed by atoms with Crippen LogP contribution < -0.4 is 25.7 Å². The van der Waals surface area contributed by atoms with Crippen molar-refractivity contribution in [2.75, 3.05) is 34.0 Å². The van der Waals surface area contributed by atoms with Gasteiger partial charge in [0, 0.05) is 37.2 Å². The fraction of sp³-hybridized carbons (Fsp3) is 0.378. The maximum absolute atomic E-state index is 13.3. The van der Waals surface area contributed by atoms with Crippen molar-refractivity contribution in [1.82, 2.24) is 30.3 Å². The molecule has 278 valence electrons. The highest BCUT2D eigenvalue weighted by Gasteiger charge is 2.45. The van der Waals surface area contributed by atoms with E-state index in [0.717, 1.165) is 16.0 Å². The second-order valence-electron chi connectivity index (χ2n) is 12.8. The highest BCUT2D eigenvalue weighted by atomic mass is 16.5. The molecule has 2 atom stereocenters. The third-order valence-electron chi connectivity index (χ3n) is 9.39. The van der Waals surface area contributed by atoms with Crippen LogP contribution in [0.1, 0.15) is 58.0 Å². The summed E-state index contributed by atoms with van der Waals surface area (Å²) in [4.78, 5) is 76.4. The molecule has 16 nitrogen and oxygen atoms in total. The van der Waals surface area contributed by atoms with E-state index in [2.05, 4.69) is 20.8 Å². The van der Waals surface area contributed by atoms with E-state index in [0.29, 0.717) is 46.4 Å². The van der Waals surface area contributed by atoms with Crippen LogP contribution in [0.4, 0.5) is 0 Å². The first kappa shape index (κ1) is 36.9. The summed E-state index contributed by atoms with van der Waals surface area (Å²) in [5.41, 5.74) is 3.46. The van der Waals surface area contributed by atoms with Crippen molar-refractivity contribution in [3.63, 3.8) is 0 Å². The molecule has 2 aromatic carbocycles. The van der Waals surface area contributed by atoms with Crippen LogP contribution in [0, 0.1) is 0 Å². The van der Waals surface area contributed by atoms with Crippen molar-refractivity contribution in [3.8, 4) is 22.6 Å². The van der Waals surface area contributed by atoms with Gasteiger partial charge < -0.3 is 28.8 Å². The standard InChI is InChI=1S/C37H40N6O10/c1-20(8-9-21-6-5-7-23-32(21)36(48)43(35(23)47)27-10-11-30(44)40-34(27)46)53-13-12-38-31(45)19-52-18-26-28(50-3)14-22(15-29(26)51-4)25-17-42(2)37(49)33-24(25)16-39-41-33/h5-7,14-17,20,27H,8-13,18-19H2,1-4H3,(H,38,45)(H,39,41)(H,40,44,46). The Morgan fingerprint density at radius 1 is 1.06 bits per heavy atom. The number of aryl methyl sites for hydroxylation is 2. The third-order valence-corrected chi connectivity index (χ3v) is 9.39. The highest BCUT2D eigenvalue weighted by Crippen LogP contribution is 2.37. The van der Waals surface area contributed by atoms with Gasteiger partial charge in [0.15, 0.2) is 0 Å². The van der Waals surface area contributed by atoms with Gasteiger partial charge in [-0.05, 0) is 55.5 Å². The first-order valence-corrected chi connectivity index (χ1v) is 17.1. The molecular weight excluding hydrogens is 688 g/mol. The van der Waals surface area contributed by atoms with E-state index < -0.39 is 29.7 Å². The largest absolute Gasteiger partial charge is 0.496 e. The number of imide groups is 2. The molecule has 2 unspecified atom stereocenters. The van der Waals surface area contributed by atoms with Crippen LogP contribution in [0.15, 0.2) is 47.5 Å². The quantitative estimate of drug-likeness (QED) is 0.120. The minimum atomic E-state index is -1.03. The Hall–Kier alpha value is -5.87. The molecule has 2 aromatic heterocycles. The Morgan fingerprint density at radius 2 is 1.81 bits per heavy atom. The number of aromatic amines is 1. The van der Waals surface area contributed by atoms with Gasteiger partial charge >= 0.3 is 0 Å². The SMILES string of the molecule is COc1cc(-c2cn(C)c(=O)c3[nH]ncc23)cc(OC)c1COCC(=O)NCCOC(C)CCc1cccc2c1C(=O)N(C1CCC(=O)NC1=O)C2=O.